The van der Waals surface area contributed by atoms with E-state index in [0.29, 0.717) is 15.9 Å². The maximum absolute atomic E-state index is 11.4. The molecule has 0 aliphatic carbocycles. The van der Waals surface area contributed by atoms with E-state index in [9.17, 15) is 4.79 Å². The van der Waals surface area contributed by atoms with Gasteiger partial charge in [0.05, 0.1) is 18.1 Å². The number of ether oxygens (including phenoxy) is 1. The van der Waals surface area contributed by atoms with Crippen LogP contribution < -0.4 is 15.7 Å². The zero-order valence-corrected chi connectivity index (χ0v) is 14.0. The van der Waals surface area contributed by atoms with Gasteiger partial charge in [0.25, 0.3) is 5.56 Å². The van der Waals surface area contributed by atoms with E-state index in [1.165, 1.54) is 6.20 Å². The lowest BCUT2D eigenvalue weighted by Gasteiger charge is -2.06. The van der Waals surface area contributed by atoms with Crippen molar-refractivity contribution in [3.8, 4) is 11.5 Å². The Hall–Kier alpha value is -2.93. The van der Waals surface area contributed by atoms with Crippen LogP contribution in [0.25, 0.3) is 0 Å². The number of hydrazone groups is 1. The summed E-state index contributed by atoms with van der Waals surface area (Å²) in [6, 6.07) is 17.1. The zero-order valence-electron chi connectivity index (χ0n) is 12.4. The first-order valence-corrected chi connectivity index (χ1v) is 7.87. The molecule has 0 radical (unpaired) electrons. The number of hydrogen-bond donors (Lipinski definition) is 2. The number of H-pyrrole nitrogens is 1. The van der Waals surface area contributed by atoms with E-state index in [4.69, 9.17) is 4.74 Å². The number of anilines is 1. The first-order chi connectivity index (χ1) is 11.7. The van der Waals surface area contributed by atoms with Crippen LogP contribution in [0.2, 0.25) is 0 Å². The molecule has 1 heterocycles. The number of benzene rings is 2. The molecule has 1 aromatic heterocycles. The molecule has 0 unspecified atom stereocenters. The summed E-state index contributed by atoms with van der Waals surface area (Å²) in [5.41, 5.74) is 3.78. The predicted molar refractivity (Wildman–Crippen MR) is 96.7 cm³/mol. The molecule has 120 valence electrons. The van der Waals surface area contributed by atoms with Gasteiger partial charge < -0.3 is 4.74 Å². The first-order valence-electron chi connectivity index (χ1n) is 7.07. The number of para-hydroxylation sites is 1. The zero-order chi connectivity index (χ0) is 16.8. The summed E-state index contributed by atoms with van der Waals surface area (Å²) in [5, 5.41) is 10.1. The number of nitrogens with one attached hydrogen (secondary N) is 2. The molecule has 6 nitrogen and oxygen atoms in total. The van der Waals surface area contributed by atoms with Crippen molar-refractivity contribution in [2.45, 2.75) is 0 Å². The minimum atomic E-state index is -0.326. The minimum Gasteiger partial charge on any atom is -0.457 e. The molecule has 0 spiro atoms. The van der Waals surface area contributed by atoms with Gasteiger partial charge in [0, 0.05) is 0 Å². The topological polar surface area (TPSA) is 79.4 Å². The largest absolute Gasteiger partial charge is 0.457 e. The monoisotopic (exact) mass is 384 g/mol. The van der Waals surface area contributed by atoms with E-state index in [2.05, 4.69) is 36.7 Å². The highest BCUT2D eigenvalue weighted by Crippen LogP contribution is 2.21. The average molecular weight is 385 g/mol. The van der Waals surface area contributed by atoms with Gasteiger partial charge in [0.2, 0.25) is 0 Å². The van der Waals surface area contributed by atoms with E-state index < -0.39 is 0 Å². The molecular weight excluding hydrogens is 372 g/mol. The van der Waals surface area contributed by atoms with Crippen molar-refractivity contribution < 1.29 is 4.74 Å². The summed E-state index contributed by atoms with van der Waals surface area (Å²) < 4.78 is 6.12. The van der Waals surface area contributed by atoms with Crippen molar-refractivity contribution in [3.63, 3.8) is 0 Å². The molecule has 0 bridgehead atoms. The highest BCUT2D eigenvalue weighted by atomic mass is 79.9. The Morgan fingerprint density at radius 1 is 1.12 bits per heavy atom. The second-order valence-corrected chi connectivity index (χ2v) is 5.58. The molecule has 2 aromatic carbocycles. The molecule has 2 N–H and O–H groups in total. The van der Waals surface area contributed by atoms with Gasteiger partial charge in [-0.3, -0.25) is 10.2 Å². The Bertz CT molecular complexity index is 910. The molecule has 3 aromatic rings. The molecule has 0 atom stereocenters. The summed E-state index contributed by atoms with van der Waals surface area (Å²) in [4.78, 5) is 11.4. The van der Waals surface area contributed by atoms with E-state index in [1.54, 1.807) is 6.21 Å². The van der Waals surface area contributed by atoms with Crippen LogP contribution in [0.4, 0.5) is 5.69 Å². The van der Waals surface area contributed by atoms with E-state index in [1.807, 2.05) is 54.6 Å². The predicted octanol–water partition coefficient (Wildman–Crippen LogP) is 3.77. The van der Waals surface area contributed by atoms with Crippen LogP contribution in [0.1, 0.15) is 5.56 Å². The maximum Gasteiger partial charge on any atom is 0.280 e. The Balaban J connectivity index is 1.70. The Morgan fingerprint density at radius 2 is 1.92 bits per heavy atom. The minimum absolute atomic E-state index is 0.326. The first kappa shape index (κ1) is 15.9. The van der Waals surface area contributed by atoms with Gasteiger partial charge in [-0.1, -0.05) is 30.3 Å². The standard InChI is InChI=1S/C17H13BrN4O2/c18-16-15(11-20-22-17(16)23)21-19-10-12-5-4-8-14(9-12)24-13-6-2-1-3-7-13/h1-11H,(H2,21,22,23). The van der Waals surface area contributed by atoms with Crippen LogP contribution in [0.15, 0.2) is 75.2 Å². The van der Waals surface area contributed by atoms with Crippen molar-refractivity contribution in [1.29, 1.82) is 0 Å². The smallest absolute Gasteiger partial charge is 0.280 e. The van der Waals surface area contributed by atoms with Crippen LogP contribution in [-0.4, -0.2) is 16.4 Å². The Kier molecular flexibility index (Phi) is 5.02. The third-order valence-electron chi connectivity index (χ3n) is 3.03. The van der Waals surface area contributed by atoms with E-state index in [0.717, 1.165) is 11.3 Å². The molecule has 24 heavy (non-hydrogen) atoms. The highest BCUT2D eigenvalue weighted by Gasteiger charge is 2.02. The van der Waals surface area contributed by atoms with Gasteiger partial charge in [0.15, 0.2) is 0 Å². The van der Waals surface area contributed by atoms with Crippen molar-refractivity contribution in [2.24, 2.45) is 5.10 Å². The molecule has 0 saturated carbocycles. The number of hydrogen-bond acceptors (Lipinski definition) is 5. The second kappa shape index (κ2) is 7.56. The number of nitrogens with zero attached hydrogens (tertiary/aromatic N) is 2. The third-order valence-corrected chi connectivity index (χ3v) is 3.82. The fraction of sp³-hybridized carbons (Fsp3) is 0. The molecule has 3 rings (SSSR count). The summed E-state index contributed by atoms with van der Waals surface area (Å²) >= 11 is 3.18. The fourth-order valence-corrected chi connectivity index (χ4v) is 2.20. The third kappa shape index (κ3) is 4.08. The lowest BCUT2D eigenvalue weighted by atomic mass is 10.2. The lowest BCUT2D eigenvalue weighted by Crippen LogP contribution is -2.10. The number of halogens is 1. The van der Waals surface area contributed by atoms with Crippen molar-refractivity contribution >= 4 is 27.8 Å². The van der Waals surface area contributed by atoms with Gasteiger partial charge in [-0.15, -0.1) is 0 Å². The van der Waals surface area contributed by atoms with Crippen LogP contribution in [0, 0.1) is 0 Å². The molecule has 0 aliphatic rings. The second-order valence-electron chi connectivity index (χ2n) is 4.78. The van der Waals surface area contributed by atoms with Gasteiger partial charge in [-0.2, -0.15) is 10.2 Å². The van der Waals surface area contributed by atoms with Gasteiger partial charge in [-0.25, -0.2) is 5.10 Å². The summed E-state index contributed by atoms with van der Waals surface area (Å²) in [5.74, 6) is 1.48. The van der Waals surface area contributed by atoms with Crippen molar-refractivity contribution in [3.05, 3.63) is 81.2 Å². The van der Waals surface area contributed by atoms with Crippen LogP contribution in [-0.2, 0) is 0 Å². The summed E-state index contributed by atoms with van der Waals surface area (Å²) in [6.07, 6.45) is 3.10. The normalized spacial score (nSPS) is 10.7. The van der Waals surface area contributed by atoms with Crippen LogP contribution in [0.5, 0.6) is 11.5 Å². The van der Waals surface area contributed by atoms with Crippen LogP contribution in [0.3, 0.4) is 0 Å². The van der Waals surface area contributed by atoms with E-state index in [-0.39, 0.29) is 5.56 Å². The van der Waals surface area contributed by atoms with Crippen LogP contribution >= 0.6 is 15.9 Å². The molecule has 0 saturated heterocycles. The average Bonchev–Trinajstić information content (AvgIpc) is 2.60. The van der Waals surface area contributed by atoms with Crippen molar-refractivity contribution in [1.82, 2.24) is 10.2 Å². The SMILES string of the molecule is O=c1[nH]ncc(NN=Cc2cccc(Oc3ccccc3)c2)c1Br. The molecule has 0 amide bonds. The molecule has 7 heteroatoms. The Labute approximate surface area is 146 Å². The Morgan fingerprint density at radius 3 is 2.75 bits per heavy atom. The van der Waals surface area contributed by atoms with E-state index >= 15 is 0 Å². The maximum atomic E-state index is 11.4. The quantitative estimate of drug-likeness (QED) is 0.518. The number of rotatable bonds is 5. The highest BCUT2D eigenvalue weighted by molar-refractivity contribution is 9.10. The van der Waals surface area contributed by atoms with Crippen molar-refractivity contribution in [2.75, 3.05) is 5.43 Å². The molecule has 0 fully saturated rings. The lowest BCUT2D eigenvalue weighted by molar-refractivity contribution is 0.482. The van der Waals surface area contributed by atoms with Gasteiger partial charge >= 0.3 is 0 Å². The van der Waals surface area contributed by atoms with Gasteiger partial charge in [0.1, 0.15) is 16.0 Å². The summed E-state index contributed by atoms with van der Waals surface area (Å²) in [7, 11) is 0. The molecular formula is C17H13BrN4O2. The van der Waals surface area contributed by atoms with Gasteiger partial charge in [-0.05, 0) is 45.8 Å². The summed E-state index contributed by atoms with van der Waals surface area (Å²) in [6.45, 7) is 0. The fourth-order valence-electron chi connectivity index (χ4n) is 1.92. The molecule has 0 aliphatic heterocycles. The number of aromatic nitrogens is 2. The number of aromatic amines is 1.